The van der Waals surface area contributed by atoms with Crippen molar-refractivity contribution in [3.8, 4) is 0 Å². The first-order chi connectivity index (χ1) is 29.4. The lowest BCUT2D eigenvalue weighted by atomic mass is 9.68. The van der Waals surface area contributed by atoms with Crippen molar-refractivity contribution in [2.75, 3.05) is 29.5 Å². The maximum atomic E-state index is 12.4. The molecule has 0 aromatic heterocycles. The quantitative estimate of drug-likeness (QED) is 0.0408. The molecule has 0 amide bonds. The average Bonchev–Trinajstić information content (AvgIpc) is 3.83. The van der Waals surface area contributed by atoms with Gasteiger partial charge in [0, 0.05) is 52.1 Å². The number of aliphatic hydroxyl groups is 2. The number of nitrogens with zero attached hydrogens (tertiary/aromatic N) is 2. The Morgan fingerprint density at radius 3 is 2.00 bits per heavy atom. The molecule has 4 aromatic rings. The number of β-amino-alcohol motifs (C(OH)–C–C–N with tert-alkyl or cyclic N) is 2. The Kier molecular flexibility index (Phi) is 13.2. The molecule has 15 nitrogen and oxygen atoms in total. The van der Waals surface area contributed by atoms with Crippen LogP contribution in [0.3, 0.4) is 0 Å². The summed E-state index contributed by atoms with van der Waals surface area (Å²) in [6.07, 6.45) is 8.68. The van der Waals surface area contributed by atoms with Crippen molar-refractivity contribution in [3.63, 3.8) is 0 Å². The molecule has 0 saturated heterocycles. The van der Waals surface area contributed by atoms with Crippen LogP contribution in [-0.2, 0) is 40.1 Å². The standard InChI is InChI=1S/C43H42N2O13S4/c46-32(27-60(49,50)51)25-44-40-22-19-35(62(55,56)57)24-38(40)43(30-12-6-3-7-13-30,31-14-8-4-9-15-31)41(44)16-10-2-1-5-11-29-17-20-36-37-23-34(59-58-48)18-21-39(37)45(42(29)36)26-33(47)28-61(52,53)54/h1-16,18-19,21-24,32-33,36,46-47H,17,20,25-28H2,(H3-,48,49,50,51,52,53,54,55,56,57)/p-3. The fourth-order valence-corrected chi connectivity index (χ4v) is 10.8. The molecule has 2 heterocycles. The Bertz CT molecular complexity index is 2800. The van der Waals surface area contributed by atoms with E-state index in [1.54, 1.807) is 88.4 Å². The van der Waals surface area contributed by atoms with E-state index in [-0.39, 0.29) is 19.0 Å². The summed E-state index contributed by atoms with van der Waals surface area (Å²) in [6.45, 7) is -0.556. The number of aliphatic hydroxyl groups excluding tert-OH is 2. The van der Waals surface area contributed by atoms with Gasteiger partial charge >= 0.3 is 0 Å². The predicted octanol–water partition coefficient (Wildman–Crippen LogP) is 3.46. The fourth-order valence-electron chi connectivity index (χ4n) is 8.78. The molecule has 1 aliphatic carbocycles. The molecule has 2 N–H and O–H groups in total. The minimum atomic E-state index is -4.96. The van der Waals surface area contributed by atoms with Crippen LogP contribution in [0.15, 0.2) is 155 Å². The second kappa shape index (κ2) is 18.1. The van der Waals surface area contributed by atoms with Gasteiger partial charge in [-0.2, -0.15) is 4.58 Å². The van der Waals surface area contributed by atoms with Crippen molar-refractivity contribution >= 4 is 59.5 Å². The number of hydrogen-bond donors (Lipinski definition) is 2. The summed E-state index contributed by atoms with van der Waals surface area (Å²) >= 11 is 0.650. The summed E-state index contributed by atoms with van der Waals surface area (Å²) < 4.78 is 113. The van der Waals surface area contributed by atoms with Crippen LogP contribution in [0, 0.1) is 0 Å². The first-order valence-corrected chi connectivity index (χ1v) is 24.4. The van der Waals surface area contributed by atoms with Crippen LogP contribution in [-0.4, -0.2) is 96.2 Å². The smallest absolute Gasteiger partial charge is 0.209 e. The van der Waals surface area contributed by atoms with Gasteiger partial charge in [0.2, 0.25) is 5.69 Å². The second-order valence-corrected chi connectivity index (χ2v) is 20.0. The molecule has 1 fully saturated rings. The van der Waals surface area contributed by atoms with Crippen molar-refractivity contribution < 1.29 is 63.3 Å². The molecule has 3 aliphatic rings. The molecule has 1 saturated carbocycles. The molecule has 19 heteroatoms. The predicted molar refractivity (Wildman–Crippen MR) is 225 cm³/mol. The van der Waals surface area contributed by atoms with Crippen LogP contribution in [0.2, 0.25) is 0 Å². The largest absolute Gasteiger partial charge is 0.748 e. The number of rotatable bonds is 16. The van der Waals surface area contributed by atoms with E-state index in [9.17, 15) is 54.4 Å². The third-order valence-electron chi connectivity index (χ3n) is 11.0. The molecule has 3 atom stereocenters. The highest BCUT2D eigenvalue weighted by Gasteiger charge is 2.50. The topological polar surface area (TPSA) is 251 Å². The number of hydrogen-bond acceptors (Lipinski definition) is 15. The van der Waals surface area contributed by atoms with E-state index in [2.05, 4.69) is 4.33 Å². The third kappa shape index (κ3) is 9.58. The summed E-state index contributed by atoms with van der Waals surface area (Å²) in [5.74, 6) is -2.21. The summed E-state index contributed by atoms with van der Waals surface area (Å²) in [7, 11) is -14.5. The highest BCUT2D eigenvalue weighted by atomic mass is 32.2. The summed E-state index contributed by atoms with van der Waals surface area (Å²) in [5, 5.41) is 32.5. The molecular formula is C43H39N2O13S4-3. The first kappa shape index (κ1) is 45.3. The molecule has 2 aliphatic heterocycles. The average molecular weight is 920 g/mol. The van der Waals surface area contributed by atoms with Crippen molar-refractivity contribution in [2.45, 2.75) is 46.2 Å². The van der Waals surface area contributed by atoms with Crippen LogP contribution in [0.5, 0.6) is 0 Å². The van der Waals surface area contributed by atoms with Gasteiger partial charge in [0.05, 0.1) is 54.1 Å². The number of allylic oxidation sites excluding steroid dienone is 8. The van der Waals surface area contributed by atoms with E-state index in [1.807, 2.05) is 36.4 Å². The number of benzene rings is 4. The van der Waals surface area contributed by atoms with E-state index in [4.69, 9.17) is 0 Å². The lowest BCUT2D eigenvalue weighted by molar-refractivity contribution is -0.630. The van der Waals surface area contributed by atoms with Gasteiger partial charge in [0.1, 0.15) is 16.2 Å². The Labute approximate surface area is 363 Å². The van der Waals surface area contributed by atoms with Crippen molar-refractivity contribution in [2.24, 2.45) is 0 Å². The molecule has 3 unspecified atom stereocenters. The molecule has 0 bridgehead atoms. The number of fused-ring (bicyclic) bond motifs is 4. The molecule has 4 aromatic carbocycles. The van der Waals surface area contributed by atoms with E-state index < -0.39 is 64.4 Å². The van der Waals surface area contributed by atoms with E-state index in [0.717, 1.165) is 22.9 Å². The van der Waals surface area contributed by atoms with Gasteiger partial charge < -0.3 is 38.4 Å². The minimum absolute atomic E-state index is 0.142. The monoisotopic (exact) mass is 919 g/mol. The molecule has 0 radical (unpaired) electrons. The van der Waals surface area contributed by atoms with Gasteiger partial charge in [-0.25, -0.2) is 25.3 Å². The Morgan fingerprint density at radius 2 is 1.40 bits per heavy atom. The minimum Gasteiger partial charge on any atom is -0.748 e. The van der Waals surface area contributed by atoms with Crippen LogP contribution in [0.25, 0.3) is 0 Å². The van der Waals surface area contributed by atoms with Crippen LogP contribution >= 0.6 is 12.0 Å². The van der Waals surface area contributed by atoms with E-state index >= 15 is 0 Å². The Balaban J connectivity index is 1.31. The van der Waals surface area contributed by atoms with Crippen molar-refractivity contribution in [1.29, 1.82) is 0 Å². The fraction of sp³-hybridized carbons (Fsp3) is 0.233. The van der Waals surface area contributed by atoms with Gasteiger partial charge in [-0.05, 0) is 65.9 Å². The molecule has 62 heavy (non-hydrogen) atoms. The lowest BCUT2D eigenvalue weighted by Crippen LogP contribution is -2.39. The van der Waals surface area contributed by atoms with Crippen LogP contribution in [0.1, 0.15) is 41.0 Å². The van der Waals surface area contributed by atoms with Crippen molar-refractivity contribution in [3.05, 3.63) is 167 Å². The van der Waals surface area contributed by atoms with E-state index in [1.165, 1.54) is 12.1 Å². The van der Waals surface area contributed by atoms with Crippen molar-refractivity contribution in [1.82, 2.24) is 0 Å². The van der Waals surface area contributed by atoms with Gasteiger partial charge in [0.25, 0.3) is 0 Å². The van der Waals surface area contributed by atoms with Crippen LogP contribution < -0.4 is 10.2 Å². The SMILES string of the molecule is O=S(=O)([O-])CC(O)CN1\C(=C/C=C/C=C/C=C2\CCC3C2=[N+](CC(O)CS(=O)(=O)[O-])c2ccc(SO[O-])cc23)C(c2ccccc2)(c2ccccc2)c2cc(S(=O)(=O)[O-])ccc21. The van der Waals surface area contributed by atoms with E-state index in [0.29, 0.717) is 63.5 Å². The Hall–Kier alpha value is -4.77. The summed E-state index contributed by atoms with van der Waals surface area (Å²) in [6, 6.07) is 27.1. The third-order valence-corrected chi connectivity index (χ3v) is 13.9. The zero-order valence-electron chi connectivity index (χ0n) is 32.6. The van der Waals surface area contributed by atoms with Gasteiger partial charge in [-0.1, -0.05) is 91.0 Å². The molecule has 7 rings (SSSR count). The lowest BCUT2D eigenvalue weighted by Gasteiger charge is -2.36. The second-order valence-electron chi connectivity index (χ2n) is 15.0. The summed E-state index contributed by atoms with van der Waals surface area (Å²) in [5.41, 5.74) is 4.42. The van der Waals surface area contributed by atoms with Gasteiger partial charge in [0.15, 0.2) is 12.3 Å². The zero-order chi connectivity index (χ0) is 44.5. The maximum Gasteiger partial charge on any atom is 0.209 e. The molecular weight excluding hydrogens is 881 g/mol. The normalized spacial score (nSPS) is 19.8. The first-order valence-electron chi connectivity index (χ1n) is 19.1. The number of anilines is 1. The van der Waals surface area contributed by atoms with Crippen LogP contribution in [0.4, 0.5) is 11.4 Å². The maximum absolute atomic E-state index is 12.4. The summed E-state index contributed by atoms with van der Waals surface area (Å²) in [4.78, 5) is 1.68. The zero-order valence-corrected chi connectivity index (χ0v) is 35.9. The van der Waals surface area contributed by atoms with Gasteiger partial charge in [-0.3, -0.25) is 0 Å². The highest BCUT2D eigenvalue weighted by Crippen LogP contribution is 2.56. The molecule has 326 valence electrons. The molecule has 0 spiro atoms. The Morgan fingerprint density at radius 1 is 0.790 bits per heavy atom. The highest BCUT2D eigenvalue weighted by molar-refractivity contribution is 7.94. The van der Waals surface area contributed by atoms with Gasteiger partial charge in [-0.15, -0.1) is 0 Å².